The third-order valence-corrected chi connectivity index (χ3v) is 5.76. The molecule has 144 valence electrons. The standard InChI is InChI=1S/C21H29N5O/c1-22-21(23-15-18-7-4-6-17-5-2-3-8-20(17)18)26-12-10-25(11-13-26)16-19-9-14-27-24-19/h2-3,5,8-9,14,18H,4,6-7,10-13,15-16H2,1H3,(H,22,23). The van der Waals surface area contributed by atoms with Gasteiger partial charge in [0.05, 0.1) is 5.69 Å². The molecular weight excluding hydrogens is 338 g/mol. The Labute approximate surface area is 161 Å². The Morgan fingerprint density at radius 2 is 2.07 bits per heavy atom. The van der Waals surface area contributed by atoms with Crippen molar-refractivity contribution in [1.29, 1.82) is 0 Å². The van der Waals surface area contributed by atoms with Crippen molar-refractivity contribution in [3.8, 4) is 0 Å². The SMILES string of the molecule is CN=C(NCC1CCCc2ccccc21)N1CCN(Cc2ccon2)CC1. The van der Waals surface area contributed by atoms with E-state index in [2.05, 4.69) is 49.5 Å². The summed E-state index contributed by atoms with van der Waals surface area (Å²) in [4.78, 5) is 9.32. The van der Waals surface area contributed by atoms with Gasteiger partial charge in [-0.15, -0.1) is 0 Å². The molecule has 0 saturated carbocycles. The summed E-state index contributed by atoms with van der Waals surface area (Å²) in [5.41, 5.74) is 4.04. The highest BCUT2D eigenvalue weighted by Crippen LogP contribution is 2.30. The number of benzene rings is 1. The fraction of sp³-hybridized carbons (Fsp3) is 0.524. The number of nitrogens with one attached hydrogen (secondary N) is 1. The lowest BCUT2D eigenvalue weighted by Gasteiger charge is -2.36. The fourth-order valence-corrected chi connectivity index (χ4v) is 4.28. The molecule has 1 N–H and O–H groups in total. The molecule has 2 aromatic rings. The lowest BCUT2D eigenvalue weighted by Crippen LogP contribution is -2.52. The number of hydrogen-bond donors (Lipinski definition) is 1. The molecule has 6 nitrogen and oxygen atoms in total. The van der Waals surface area contributed by atoms with Gasteiger partial charge in [-0.1, -0.05) is 29.4 Å². The molecule has 1 aromatic carbocycles. The van der Waals surface area contributed by atoms with Gasteiger partial charge in [-0.25, -0.2) is 0 Å². The Kier molecular flexibility index (Phi) is 5.72. The van der Waals surface area contributed by atoms with Gasteiger partial charge in [-0.3, -0.25) is 9.89 Å². The molecule has 0 radical (unpaired) electrons. The van der Waals surface area contributed by atoms with E-state index in [0.717, 1.165) is 50.9 Å². The predicted molar refractivity (Wildman–Crippen MR) is 107 cm³/mol. The summed E-state index contributed by atoms with van der Waals surface area (Å²) in [6.07, 6.45) is 5.39. The first kappa shape index (κ1) is 18.0. The Hall–Kier alpha value is -2.34. The van der Waals surface area contributed by atoms with Crippen LogP contribution in [0.1, 0.15) is 35.6 Å². The number of aromatic nitrogens is 1. The lowest BCUT2D eigenvalue weighted by molar-refractivity contribution is 0.169. The largest absolute Gasteiger partial charge is 0.364 e. The second kappa shape index (κ2) is 8.57. The van der Waals surface area contributed by atoms with Gasteiger partial charge in [0.25, 0.3) is 0 Å². The van der Waals surface area contributed by atoms with E-state index in [9.17, 15) is 0 Å². The van der Waals surface area contributed by atoms with Crippen molar-refractivity contribution in [3.63, 3.8) is 0 Å². The summed E-state index contributed by atoms with van der Waals surface area (Å²) < 4.78 is 4.93. The predicted octanol–water partition coefficient (Wildman–Crippen LogP) is 2.49. The maximum Gasteiger partial charge on any atom is 0.193 e. The van der Waals surface area contributed by atoms with Crippen LogP contribution in [0, 0.1) is 0 Å². The number of fused-ring (bicyclic) bond motifs is 1. The van der Waals surface area contributed by atoms with Gasteiger partial charge in [0.15, 0.2) is 5.96 Å². The van der Waals surface area contributed by atoms with E-state index in [0.29, 0.717) is 5.92 Å². The van der Waals surface area contributed by atoms with Crippen molar-refractivity contribution in [2.45, 2.75) is 31.7 Å². The van der Waals surface area contributed by atoms with Crippen LogP contribution in [0.3, 0.4) is 0 Å². The highest BCUT2D eigenvalue weighted by atomic mass is 16.5. The Morgan fingerprint density at radius 1 is 1.22 bits per heavy atom. The molecule has 0 amide bonds. The van der Waals surface area contributed by atoms with Crippen LogP contribution >= 0.6 is 0 Å². The highest BCUT2D eigenvalue weighted by molar-refractivity contribution is 5.80. The normalized spacial score (nSPS) is 21.1. The molecule has 1 fully saturated rings. The topological polar surface area (TPSA) is 56.9 Å². The average molecular weight is 367 g/mol. The number of nitrogens with zero attached hydrogens (tertiary/aromatic N) is 4. The summed E-state index contributed by atoms with van der Waals surface area (Å²) in [7, 11) is 1.89. The van der Waals surface area contributed by atoms with Crippen molar-refractivity contribution < 1.29 is 4.52 Å². The Morgan fingerprint density at radius 3 is 2.85 bits per heavy atom. The highest BCUT2D eigenvalue weighted by Gasteiger charge is 2.23. The van der Waals surface area contributed by atoms with Gasteiger partial charge >= 0.3 is 0 Å². The monoisotopic (exact) mass is 367 g/mol. The van der Waals surface area contributed by atoms with Crippen LogP contribution in [0.25, 0.3) is 0 Å². The van der Waals surface area contributed by atoms with Gasteiger partial charge in [-0.2, -0.15) is 0 Å². The molecule has 1 aliphatic heterocycles. The first-order valence-electron chi connectivity index (χ1n) is 9.98. The summed E-state index contributed by atoms with van der Waals surface area (Å²) in [5, 5.41) is 7.65. The zero-order valence-electron chi connectivity index (χ0n) is 16.1. The van der Waals surface area contributed by atoms with Crippen LogP contribution in [0.4, 0.5) is 0 Å². The molecular formula is C21H29N5O. The van der Waals surface area contributed by atoms with Gasteiger partial charge in [0.1, 0.15) is 6.26 Å². The van der Waals surface area contributed by atoms with E-state index in [1.807, 2.05) is 13.1 Å². The molecule has 27 heavy (non-hydrogen) atoms. The zero-order valence-corrected chi connectivity index (χ0v) is 16.1. The molecule has 1 aliphatic carbocycles. The van der Waals surface area contributed by atoms with Gasteiger partial charge < -0.3 is 14.7 Å². The molecule has 2 aliphatic rings. The van der Waals surface area contributed by atoms with E-state index in [-0.39, 0.29) is 0 Å². The first-order chi connectivity index (χ1) is 13.3. The molecule has 1 atom stereocenters. The summed E-state index contributed by atoms with van der Waals surface area (Å²) in [6.45, 7) is 5.81. The van der Waals surface area contributed by atoms with E-state index < -0.39 is 0 Å². The summed E-state index contributed by atoms with van der Waals surface area (Å²) in [5.74, 6) is 1.61. The van der Waals surface area contributed by atoms with Gasteiger partial charge in [0, 0.05) is 58.3 Å². The van der Waals surface area contributed by atoms with Crippen LogP contribution in [0.15, 0.2) is 46.1 Å². The lowest BCUT2D eigenvalue weighted by atomic mass is 9.83. The molecule has 0 spiro atoms. The van der Waals surface area contributed by atoms with Crippen LogP contribution < -0.4 is 5.32 Å². The minimum absolute atomic E-state index is 0.583. The van der Waals surface area contributed by atoms with Crippen LogP contribution in [0.5, 0.6) is 0 Å². The number of hydrogen-bond acceptors (Lipinski definition) is 4. The van der Waals surface area contributed by atoms with Crippen molar-refractivity contribution >= 4 is 5.96 Å². The third kappa shape index (κ3) is 4.33. The average Bonchev–Trinajstić information content (AvgIpc) is 3.23. The molecule has 1 aromatic heterocycles. The quantitative estimate of drug-likeness (QED) is 0.665. The maximum absolute atomic E-state index is 4.93. The van der Waals surface area contributed by atoms with E-state index in [1.165, 1.54) is 30.4 Å². The second-order valence-electron chi connectivity index (χ2n) is 7.47. The smallest absolute Gasteiger partial charge is 0.193 e. The Bertz CT molecular complexity index is 750. The minimum Gasteiger partial charge on any atom is -0.364 e. The molecule has 0 bridgehead atoms. The second-order valence-corrected chi connectivity index (χ2v) is 7.47. The number of aryl methyl sites for hydroxylation is 1. The number of guanidine groups is 1. The van der Waals surface area contributed by atoms with Crippen LogP contribution in [-0.2, 0) is 13.0 Å². The summed E-state index contributed by atoms with van der Waals surface area (Å²) >= 11 is 0. The molecule has 4 rings (SSSR count). The van der Waals surface area contributed by atoms with Crippen molar-refractivity contribution in [3.05, 3.63) is 53.4 Å². The fourth-order valence-electron chi connectivity index (χ4n) is 4.28. The van der Waals surface area contributed by atoms with Crippen molar-refractivity contribution in [2.75, 3.05) is 39.8 Å². The third-order valence-electron chi connectivity index (χ3n) is 5.76. The molecule has 1 unspecified atom stereocenters. The van der Waals surface area contributed by atoms with Crippen LogP contribution in [-0.4, -0.2) is 60.7 Å². The van der Waals surface area contributed by atoms with E-state index in [1.54, 1.807) is 6.26 Å². The maximum atomic E-state index is 4.93. The molecule has 2 heterocycles. The zero-order chi connectivity index (χ0) is 18.5. The van der Waals surface area contributed by atoms with E-state index >= 15 is 0 Å². The number of rotatable bonds is 4. The van der Waals surface area contributed by atoms with Gasteiger partial charge in [-0.05, 0) is 30.4 Å². The number of aliphatic imine (C=N–C) groups is 1. The molecule has 1 saturated heterocycles. The number of piperazine rings is 1. The van der Waals surface area contributed by atoms with Gasteiger partial charge in [0.2, 0.25) is 0 Å². The van der Waals surface area contributed by atoms with Crippen LogP contribution in [0.2, 0.25) is 0 Å². The minimum atomic E-state index is 0.583. The molecule has 6 heteroatoms. The van der Waals surface area contributed by atoms with E-state index in [4.69, 9.17) is 4.52 Å². The first-order valence-corrected chi connectivity index (χ1v) is 9.98. The van der Waals surface area contributed by atoms with Crippen molar-refractivity contribution in [2.24, 2.45) is 4.99 Å². The Balaban J connectivity index is 1.29. The van der Waals surface area contributed by atoms with Crippen molar-refractivity contribution in [1.82, 2.24) is 20.3 Å². The summed E-state index contributed by atoms with van der Waals surface area (Å²) in [6, 6.07) is 10.8.